The molecule has 2 amide bonds. The van der Waals surface area contributed by atoms with Gasteiger partial charge in [0.25, 0.3) is 5.56 Å². The van der Waals surface area contributed by atoms with Gasteiger partial charge in [0.2, 0.25) is 10.0 Å². The van der Waals surface area contributed by atoms with Crippen molar-refractivity contribution in [2.45, 2.75) is 52.0 Å². The van der Waals surface area contributed by atoms with E-state index in [0.29, 0.717) is 33.5 Å². The Hall–Kier alpha value is -3.84. The van der Waals surface area contributed by atoms with Crippen LogP contribution in [0.15, 0.2) is 23.0 Å². The number of aryl methyl sites for hydroxylation is 1. The highest BCUT2D eigenvalue weighted by Gasteiger charge is 2.45. The molecule has 0 spiro atoms. The molecule has 1 aromatic carbocycles. The van der Waals surface area contributed by atoms with Crippen LogP contribution in [-0.2, 0) is 38.3 Å². The summed E-state index contributed by atoms with van der Waals surface area (Å²) in [5.41, 5.74) is 0.123. The third-order valence-corrected chi connectivity index (χ3v) is 7.63. The molecule has 2 atom stereocenters. The van der Waals surface area contributed by atoms with Crippen LogP contribution in [0.2, 0.25) is 0 Å². The number of carbonyl (C=O) groups is 2. The minimum absolute atomic E-state index is 0.0220. The Kier molecular flexibility index (Phi) is 5.84. The number of rotatable bonds is 4. The molecule has 5 rings (SSSR count). The number of cyclic esters (lactones) is 1. The van der Waals surface area contributed by atoms with E-state index in [4.69, 9.17) is 4.74 Å². The Morgan fingerprint density at radius 3 is 2.66 bits per heavy atom. The molecule has 0 aliphatic carbocycles. The average molecular weight is 545 g/mol. The number of pyridine rings is 2. The molecule has 4 heterocycles. The Balaban J connectivity index is 1.75. The van der Waals surface area contributed by atoms with Crippen LogP contribution in [0.1, 0.15) is 54.1 Å². The van der Waals surface area contributed by atoms with Gasteiger partial charge in [-0.1, -0.05) is 6.92 Å². The summed E-state index contributed by atoms with van der Waals surface area (Å²) in [4.78, 5) is 43.0. The second-order valence-corrected chi connectivity index (χ2v) is 11.4. The zero-order valence-corrected chi connectivity index (χ0v) is 21.8. The molecule has 13 heteroatoms. The van der Waals surface area contributed by atoms with Gasteiger partial charge in [-0.05, 0) is 43.5 Å². The van der Waals surface area contributed by atoms with Gasteiger partial charge < -0.3 is 19.7 Å². The molecule has 38 heavy (non-hydrogen) atoms. The van der Waals surface area contributed by atoms with Gasteiger partial charge in [0.1, 0.15) is 12.4 Å². The Labute approximate surface area is 216 Å². The van der Waals surface area contributed by atoms with Crippen LogP contribution in [0.3, 0.4) is 0 Å². The highest BCUT2D eigenvalue weighted by molar-refractivity contribution is 7.89. The van der Waals surface area contributed by atoms with Crippen molar-refractivity contribution in [2.75, 3.05) is 6.26 Å². The number of amides is 2. The SMILES string of the molecule is CC[C@@]1(O)C(=O)OCc2c1cc1n(c2=O)Cc2c-1nc1cc(F)c(C)cc1c2[C@H](C)NC(=O)NS(C)(=O)=O. The van der Waals surface area contributed by atoms with Crippen molar-refractivity contribution in [3.8, 4) is 11.4 Å². The topological polar surface area (TPSA) is 157 Å². The van der Waals surface area contributed by atoms with Crippen molar-refractivity contribution < 1.29 is 32.2 Å². The number of benzene rings is 1. The lowest BCUT2D eigenvalue weighted by molar-refractivity contribution is -0.172. The molecule has 0 unspecified atom stereocenters. The van der Waals surface area contributed by atoms with Crippen molar-refractivity contribution in [1.82, 2.24) is 19.6 Å². The van der Waals surface area contributed by atoms with Crippen LogP contribution < -0.4 is 15.6 Å². The van der Waals surface area contributed by atoms with Crippen LogP contribution in [0.25, 0.3) is 22.3 Å². The summed E-state index contributed by atoms with van der Waals surface area (Å²) in [6, 6.07) is 2.63. The molecule has 0 bridgehead atoms. The second kappa shape index (κ2) is 8.60. The smallest absolute Gasteiger partial charge is 0.343 e. The monoisotopic (exact) mass is 544 g/mol. The molecule has 0 saturated carbocycles. The number of hydrogen-bond acceptors (Lipinski definition) is 8. The van der Waals surface area contributed by atoms with Crippen molar-refractivity contribution in [3.63, 3.8) is 0 Å². The van der Waals surface area contributed by atoms with E-state index in [0.717, 1.165) is 6.26 Å². The van der Waals surface area contributed by atoms with Gasteiger partial charge in [0.05, 0.1) is 41.3 Å². The maximum atomic E-state index is 14.6. The molecule has 2 aromatic heterocycles. The number of halogens is 1. The minimum atomic E-state index is -3.83. The van der Waals surface area contributed by atoms with Gasteiger partial charge in [-0.25, -0.2) is 32.1 Å². The first-order valence-electron chi connectivity index (χ1n) is 11.8. The molecule has 3 aromatic rings. The number of esters is 1. The van der Waals surface area contributed by atoms with Gasteiger partial charge in [-0.15, -0.1) is 0 Å². The summed E-state index contributed by atoms with van der Waals surface area (Å²) in [7, 11) is -3.83. The largest absolute Gasteiger partial charge is 0.458 e. The second-order valence-electron chi connectivity index (χ2n) is 9.64. The van der Waals surface area contributed by atoms with Crippen molar-refractivity contribution >= 4 is 32.9 Å². The van der Waals surface area contributed by atoms with Crippen molar-refractivity contribution in [3.05, 3.63) is 62.2 Å². The first-order valence-corrected chi connectivity index (χ1v) is 13.7. The van der Waals surface area contributed by atoms with E-state index in [9.17, 15) is 32.3 Å². The Bertz CT molecular complexity index is 1730. The standard InChI is InChI=1S/C25H25FN4O7S/c1-5-25(34)16-7-19-21-14(9-30(19)22(31)15(16)10-37-23(25)32)20(12(3)27-24(33)29-38(4,35)36)13-6-11(2)17(26)8-18(13)28-21/h6-8,12,34H,5,9-10H2,1-4H3,(H2,27,29,33)/t12-,25-/m0/s1. The number of nitrogens with zero attached hydrogens (tertiary/aromatic N) is 2. The van der Waals surface area contributed by atoms with E-state index >= 15 is 0 Å². The number of sulfonamides is 1. The zero-order chi connectivity index (χ0) is 27.7. The van der Waals surface area contributed by atoms with E-state index < -0.39 is 45.0 Å². The normalized spacial score (nSPS) is 18.8. The first kappa shape index (κ1) is 25.8. The van der Waals surface area contributed by atoms with Crippen LogP contribution in [-0.4, -0.2) is 41.3 Å². The predicted molar refractivity (Wildman–Crippen MR) is 134 cm³/mol. The van der Waals surface area contributed by atoms with Gasteiger partial charge in [-0.2, -0.15) is 0 Å². The van der Waals surface area contributed by atoms with Crippen LogP contribution >= 0.6 is 0 Å². The lowest BCUT2D eigenvalue weighted by Gasteiger charge is -2.31. The summed E-state index contributed by atoms with van der Waals surface area (Å²) >= 11 is 0. The van der Waals surface area contributed by atoms with E-state index in [1.54, 1.807) is 26.8 Å². The van der Waals surface area contributed by atoms with Crippen molar-refractivity contribution in [2.24, 2.45) is 0 Å². The summed E-state index contributed by atoms with van der Waals surface area (Å²) in [6.45, 7) is 4.57. The zero-order valence-electron chi connectivity index (χ0n) is 21.0. The van der Waals surface area contributed by atoms with Crippen LogP contribution in [0, 0.1) is 12.7 Å². The quantitative estimate of drug-likeness (QED) is 0.329. The van der Waals surface area contributed by atoms with E-state index in [1.807, 2.05) is 4.72 Å². The van der Waals surface area contributed by atoms with Crippen LogP contribution in [0.4, 0.5) is 9.18 Å². The summed E-state index contributed by atoms with van der Waals surface area (Å²) in [5, 5.41) is 14.2. The molecule has 11 nitrogen and oxygen atoms in total. The number of fused-ring (bicyclic) bond motifs is 5. The summed E-state index contributed by atoms with van der Waals surface area (Å²) in [5.74, 6) is -1.36. The molecule has 2 aliphatic rings. The van der Waals surface area contributed by atoms with Gasteiger partial charge in [0.15, 0.2) is 5.60 Å². The van der Waals surface area contributed by atoms with E-state index in [2.05, 4.69) is 10.3 Å². The van der Waals surface area contributed by atoms with Gasteiger partial charge in [0, 0.05) is 22.6 Å². The number of urea groups is 1. The molecule has 2 aliphatic heterocycles. The number of hydrogen-bond donors (Lipinski definition) is 3. The predicted octanol–water partition coefficient (Wildman–Crippen LogP) is 1.85. The maximum Gasteiger partial charge on any atom is 0.343 e. The van der Waals surface area contributed by atoms with E-state index in [1.165, 1.54) is 16.7 Å². The number of carbonyl (C=O) groups excluding carboxylic acids is 2. The molecule has 200 valence electrons. The molecule has 0 fully saturated rings. The maximum absolute atomic E-state index is 14.6. The lowest BCUT2D eigenvalue weighted by Crippen LogP contribution is -2.44. The minimum Gasteiger partial charge on any atom is -0.458 e. The summed E-state index contributed by atoms with van der Waals surface area (Å²) in [6.07, 6.45) is 0.825. The number of ether oxygens (including phenoxy) is 1. The first-order chi connectivity index (χ1) is 17.7. The lowest BCUT2D eigenvalue weighted by atomic mass is 9.86. The summed E-state index contributed by atoms with van der Waals surface area (Å²) < 4.78 is 46.0. The average Bonchev–Trinajstić information content (AvgIpc) is 3.18. The fourth-order valence-electron chi connectivity index (χ4n) is 5.20. The number of aromatic nitrogens is 2. The molecular weight excluding hydrogens is 519 g/mol. The molecule has 0 radical (unpaired) electrons. The highest BCUT2D eigenvalue weighted by Crippen LogP contribution is 2.42. The molecule has 0 saturated heterocycles. The number of nitrogens with one attached hydrogen (secondary N) is 2. The fourth-order valence-corrected chi connectivity index (χ4v) is 5.60. The molecule has 3 N–H and O–H groups in total. The Morgan fingerprint density at radius 2 is 2.00 bits per heavy atom. The van der Waals surface area contributed by atoms with Gasteiger partial charge >= 0.3 is 12.0 Å². The highest BCUT2D eigenvalue weighted by atomic mass is 32.2. The molecular formula is C25H25FN4O7S. The fraction of sp³-hybridized carbons (Fsp3) is 0.360. The third-order valence-electron chi connectivity index (χ3n) is 7.07. The van der Waals surface area contributed by atoms with Crippen LogP contribution in [0.5, 0.6) is 0 Å². The van der Waals surface area contributed by atoms with E-state index in [-0.39, 0.29) is 36.2 Å². The third kappa shape index (κ3) is 3.93. The number of aliphatic hydroxyl groups is 1. The van der Waals surface area contributed by atoms with Gasteiger partial charge in [-0.3, -0.25) is 4.79 Å². The Morgan fingerprint density at radius 1 is 1.29 bits per heavy atom. The van der Waals surface area contributed by atoms with Crippen molar-refractivity contribution in [1.29, 1.82) is 0 Å².